The number of unbranched alkanes of at least 4 members (excludes halogenated alkanes) is 1. The van der Waals surface area contributed by atoms with Gasteiger partial charge in [-0.3, -0.25) is 4.79 Å². The Kier molecular flexibility index (Phi) is 6.70. The normalized spacial score (nSPS) is 33.5. The molecule has 0 aromatic rings. The molecule has 0 saturated heterocycles. The Hall–Kier alpha value is -0.830. The van der Waals surface area contributed by atoms with E-state index in [4.69, 9.17) is 5.11 Å². The lowest BCUT2D eigenvalue weighted by molar-refractivity contribution is -0.137. The molecule has 0 spiro atoms. The highest BCUT2D eigenvalue weighted by molar-refractivity contribution is 5.66. The van der Waals surface area contributed by atoms with Crippen LogP contribution in [-0.4, -0.2) is 22.3 Å². The fourth-order valence-electron chi connectivity index (χ4n) is 4.88. The highest BCUT2D eigenvalue weighted by atomic mass is 16.4. The number of aliphatic hydroxyl groups is 1. The van der Waals surface area contributed by atoms with Gasteiger partial charge in [0.15, 0.2) is 0 Å². The van der Waals surface area contributed by atoms with Crippen LogP contribution in [0.4, 0.5) is 0 Å². The third-order valence-corrected chi connectivity index (χ3v) is 6.45. The fourth-order valence-corrected chi connectivity index (χ4v) is 4.88. The SMILES string of the molecule is CC1=C[C@H]2[C@@H](CC1)[C@H](C)CC[C@H]2[C@@H](C)[C@H](O)CCCCC(=O)O. The Balaban J connectivity index is 1.93. The van der Waals surface area contributed by atoms with Gasteiger partial charge >= 0.3 is 5.97 Å². The smallest absolute Gasteiger partial charge is 0.303 e. The summed E-state index contributed by atoms with van der Waals surface area (Å²) in [5.41, 5.74) is 1.52. The largest absolute Gasteiger partial charge is 0.481 e. The highest BCUT2D eigenvalue weighted by Gasteiger charge is 2.41. The fraction of sp³-hybridized carbons (Fsp3) is 0.850. The van der Waals surface area contributed by atoms with Crippen molar-refractivity contribution in [3.05, 3.63) is 11.6 Å². The summed E-state index contributed by atoms with van der Waals surface area (Å²) in [5.74, 6) is 2.39. The lowest BCUT2D eigenvalue weighted by atomic mass is 9.59. The van der Waals surface area contributed by atoms with Crippen LogP contribution in [0.2, 0.25) is 0 Å². The minimum Gasteiger partial charge on any atom is -0.481 e. The van der Waals surface area contributed by atoms with Gasteiger partial charge in [0.25, 0.3) is 0 Å². The topological polar surface area (TPSA) is 57.5 Å². The number of hydrogen-bond acceptors (Lipinski definition) is 2. The Morgan fingerprint density at radius 2 is 2.04 bits per heavy atom. The summed E-state index contributed by atoms with van der Waals surface area (Å²) in [6, 6.07) is 0. The number of allylic oxidation sites excluding steroid dienone is 2. The van der Waals surface area contributed by atoms with E-state index < -0.39 is 5.97 Å². The number of rotatable bonds is 7. The highest BCUT2D eigenvalue weighted by Crippen LogP contribution is 2.48. The Morgan fingerprint density at radius 1 is 1.30 bits per heavy atom. The quantitative estimate of drug-likeness (QED) is 0.530. The van der Waals surface area contributed by atoms with Gasteiger partial charge in [-0.25, -0.2) is 0 Å². The Labute approximate surface area is 141 Å². The second-order valence-electron chi connectivity index (χ2n) is 8.08. The molecule has 3 nitrogen and oxygen atoms in total. The van der Waals surface area contributed by atoms with E-state index in [-0.39, 0.29) is 12.5 Å². The van der Waals surface area contributed by atoms with Crippen LogP contribution in [0, 0.1) is 29.6 Å². The molecular weight excluding hydrogens is 288 g/mol. The van der Waals surface area contributed by atoms with Crippen molar-refractivity contribution in [1.82, 2.24) is 0 Å². The molecule has 3 heteroatoms. The van der Waals surface area contributed by atoms with Crippen LogP contribution in [0.15, 0.2) is 11.6 Å². The molecule has 0 unspecified atom stereocenters. The van der Waals surface area contributed by atoms with Crippen LogP contribution in [0.25, 0.3) is 0 Å². The molecule has 1 saturated carbocycles. The van der Waals surface area contributed by atoms with Crippen molar-refractivity contribution in [2.24, 2.45) is 29.6 Å². The van der Waals surface area contributed by atoms with Gasteiger partial charge in [0.2, 0.25) is 0 Å². The van der Waals surface area contributed by atoms with Gasteiger partial charge in [-0.05, 0) is 68.6 Å². The van der Waals surface area contributed by atoms with E-state index in [0.717, 1.165) is 24.7 Å². The van der Waals surface area contributed by atoms with Gasteiger partial charge in [-0.2, -0.15) is 0 Å². The van der Waals surface area contributed by atoms with Crippen molar-refractivity contribution in [3.63, 3.8) is 0 Å². The number of fused-ring (bicyclic) bond motifs is 1. The molecule has 0 amide bonds. The van der Waals surface area contributed by atoms with E-state index in [1.165, 1.54) is 31.3 Å². The molecule has 0 aromatic carbocycles. The summed E-state index contributed by atoms with van der Waals surface area (Å²) in [5, 5.41) is 19.3. The number of carboxylic acid groups (broad SMARTS) is 1. The first-order chi connectivity index (χ1) is 10.9. The first kappa shape index (κ1) is 18.5. The molecule has 2 N–H and O–H groups in total. The maximum absolute atomic E-state index is 10.6. The maximum atomic E-state index is 10.6. The van der Waals surface area contributed by atoms with Crippen LogP contribution in [0.5, 0.6) is 0 Å². The van der Waals surface area contributed by atoms with Crippen molar-refractivity contribution in [2.75, 3.05) is 0 Å². The lowest BCUT2D eigenvalue weighted by Gasteiger charge is -2.46. The molecule has 0 radical (unpaired) electrons. The Morgan fingerprint density at radius 3 is 2.74 bits per heavy atom. The first-order valence-electron chi connectivity index (χ1n) is 9.47. The summed E-state index contributed by atoms with van der Waals surface area (Å²) < 4.78 is 0. The molecule has 23 heavy (non-hydrogen) atoms. The van der Waals surface area contributed by atoms with E-state index >= 15 is 0 Å². The van der Waals surface area contributed by atoms with E-state index in [1.807, 2.05) is 0 Å². The summed E-state index contributed by atoms with van der Waals surface area (Å²) in [7, 11) is 0. The van der Waals surface area contributed by atoms with Gasteiger partial charge in [-0.15, -0.1) is 0 Å². The number of aliphatic hydroxyl groups excluding tert-OH is 1. The van der Waals surface area contributed by atoms with E-state index in [1.54, 1.807) is 0 Å². The van der Waals surface area contributed by atoms with Crippen molar-refractivity contribution >= 4 is 5.97 Å². The van der Waals surface area contributed by atoms with Gasteiger partial charge in [0.05, 0.1) is 6.10 Å². The molecule has 0 aliphatic heterocycles. The lowest BCUT2D eigenvalue weighted by Crippen LogP contribution is -2.40. The molecule has 0 heterocycles. The van der Waals surface area contributed by atoms with Crippen LogP contribution >= 0.6 is 0 Å². The van der Waals surface area contributed by atoms with Gasteiger partial charge in [0.1, 0.15) is 0 Å². The molecule has 132 valence electrons. The monoisotopic (exact) mass is 322 g/mol. The molecule has 0 aromatic heterocycles. The van der Waals surface area contributed by atoms with E-state index in [0.29, 0.717) is 24.2 Å². The third-order valence-electron chi connectivity index (χ3n) is 6.45. The van der Waals surface area contributed by atoms with Crippen molar-refractivity contribution in [3.8, 4) is 0 Å². The van der Waals surface area contributed by atoms with Crippen LogP contribution in [0.3, 0.4) is 0 Å². The van der Waals surface area contributed by atoms with E-state index in [9.17, 15) is 9.90 Å². The van der Waals surface area contributed by atoms with Crippen molar-refractivity contribution < 1.29 is 15.0 Å². The minimum atomic E-state index is -0.737. The molecule has 0 bridgehead atoms. The summed E-state index contributed by atoms with van der Waals surface area (Å²) in [4.78, 5) is 10.6. The second kappa shape index (κ2) is 8.32. The van der Waals surface area contributed by atoms with Crippen LogP contribution in [-0.2, 0) is 4.79 Å². The molecule has 2 aliphatic rings. The zero-order valence-electron chi connectivity index (χ0n) is 15.0. The first-order valence-corrected chi connectivity index (χ1v) is 9.47. The van der Waals surface area contributed by atoms with Gasteiger partial charge in [-0.1, -0.05) is 38.3 Å². The molecule has 1 fully saturated rings. The molecule has 2 aliphatic carbocycles. The average molecular weight is 322 g/mol. The van der Waals surface area contributed by atoms with Gasteiger partial charge < -0.3 is 10.2 Å². The van der Waals surface area contributed by atoms with Crippen molar-refractivity contribution in [2.45, 2.75) is 78.2 Å². The number of hydrogen-bond donors (Lipinski definition) is 2. The molecule has 2 rings (SSSR count). The van der Waals surface area contributed by atoms with Crippen LogP contribution in [0.1, 0.15) is 72.1 Å². The third kappa shape index (κ3) is 4.82. The zero-order valence-corrected chi connectivity index (χ0v) is 15.0. The summed E-state index contributed by atoms with van der Waals surface area (Å²) in [6.45, 7) is 6.85. The van der Waals surface area contributed by atoms with Crippen LogP contribution < -0.4 is 0 Å². The maximum Gasteiger partial charge on any atom is 0.303 e. The number of carbonyl (C=O) groups is 1. The van der Waals surface area contributed by atoms with Crippen molar-refractivity contribution in [1.29, 1.82) is 0 Å². The zero-order chi connectivity index (χ0) is 17.0. The predicted octanol–water partition coefficient (Wildman–Crippen LogP) is 4.65. The predicted molar refractivity (Wildman–Crippen MR) is 93.1 cm³/mol. The minimum absolute atomic E-state index is 0.217. The summed E-state index contributed by atoms with van der Waals surface area (Å²) in [6.07, 6.45) is 9.70. The standard InChI is InChI=1S/C20H34O3/c1-13-8-10-16-14(2)9-11-17(18(16)12-13)15(3)19(21)6-4-5-7-20(22)23/h12,14-19,21H,4-11H2,1-3H3,(H,22,23)/t14-,15-,16+,17+,18+,19-/m1/s1. The Bertz CT molecular complexity index is 429. The average Bonchev–Trinajstić information content (AvgIpc) is 2.50. The second-order valence-corrected chi connectivity index (χ2v) is 8.08. The summed E-state index contributed by atoms with van der Waals surface area (Å²) >= 11 is 0. The number of aliphatic carboxylic acids is 1. The van der Waals surface area contributed by atoms with E-state index in [2.05, 4.69) is 26.8 Å². The molecular formula is C20H34O3. The number of carboxylic acids is 1. The van der Waals surface area contributed by atoms with Gasteiger partial charge in [0, 0.05) is 6.42 Å². The molecule has 6 atom stereocenters.